The monoisotopic (exact) mass is 376 g/mol. The Balaban J connectivity index is 2.13. The zero-order valence-corrected chi connectivity index (χ0v) is 12.0. The minimum atomic E-state index is -0.811. The molecule has 0 spiro atoms. The van der Waals surface area contributed by atoms with Gasteiger partial charge in [0.25, 0.3) is 0 Å². The van der Waals surface area contributed by atoms with Gasteiger partial charge in [-0.2, -0.15) is 0 Å². The molecule has 2 nitrogen and oxygen atoms in total. The standard InChI is InChI=1S/C14H11F2IO2/c15-12-5-10(7-18)6-13(16)14(12)19-8-9-1-3-11(17)4-2-9/h1-6,18H,7-8H2. The first-order chi connectivity index (χ1) is 9.10. The SMILES string of the molecule is OCc1cc(F)c(OCc2ccc(I)cc2)c(F)c1. The zero-order chi connectivity index (χ0) is 13.8. The molecule has 1 N–H and O–H groups in total. The highest BCUT2D eigenvalue weighted by Crippen LogP contribution is 2.24. The maximum Gasteiger partial charge on any atom is 0.191 e. The summed E-state index contributed by atoms with van der Waals surface area (Å²) in [7, 11) is 0. The number of rotatable bonds is 4. The van der Waals surface area contributed by atoms with Gasteiger partial charge in [-0.3, -0.25) is 0 Å². The van der Waals surface area contributed by atoms with Crippen molar-refractivity contribution in [2.75, 3.05) is 0 Å². The first-order valence-electron chi connectivity index (χ1n) is 5.56. The summed E-state index contributed by atoms with van der Waals surface area (Å²) < 4.78 is 33.4. The minimum Gasteiger partial charge on any atom is -0.483 e. The summed E-state index contributed by atoms with van der Waals surface area (Å²) in [4.78, 5) is 0. The molecule has 0 saturated carbocycles. The maximum atomic E-state index is 13.6. The number of aliphatic hydroxyl groups is 1. The molecule has 5 heteroatoms. The predicted octanol–water partition coefficient (Wildman–Crippen LogP) is 3.64. The van der Waals surface area contributed by atoms with Crippen LogP contribution in [0.25, 0.3) is 0 Å². The average molecular weight is 376 g/mol. The van der Waals surface area contributed by atoms with E-state index >= 15 is 0 Å². The molecule has 0 bridgehead atoms. The Hall–Kier alpha value is -1.21. The Morgan fingerprint density at radius 3 is 2.11 bits per heavy atom. The lowest BCUT2D eigenvalue weighted by atomic mass is 10.2. The summed E-state index contributed by atoms with van der Waals surface area (Å²) in [6.45, 7) is -0.325. The second-order valence-corrected chi connectivity index (χ2v) is 5.21. The molecule has 19 heavy (non-hydrogen) atoms. The highest BCUT2D eigenvalue weighted by Gasteiger charge is 2.12. The van der Waals surface area contributed by atoms with Gasteiger partial charge in [0.05, 0.1) is 6.61 Å². The molecule has 2 rings (SSSR count). The molecule has 0 amide bonds. The minimum absolute atomic E-state index is 0.0865. The smallest absolute Gasteiger partial charge is 0.191 e. The van der Waals surface area contributed by atoms with E-state index in [-0.39, 0.29) is 12.2 Å². The highest BCUT2D eigenvalue weighted by atomic mass is 127. The van der Waals surface area contributed by atoms with Gasteiger partial charge in [-0.25, -0.2) is 8.78 Å². The molecule has 2 aromatic rings. The molecular weight excluding hydrogens is 365 g/mol. The first-order valence-corrected chi connectivity index (χ1v) is 6.64. The Kier molecular flexibility index (Phi) is 4.71. The summed E-state index contributed by atoms with van der Waals surface area (Å²) in [5.74, 6) is -2.04. The first kappa shape index (κ1) is 14.2. The lowest BCUT2D eigenvalue weighted by Crippen LogP contribution is -2.01. The largest absolute Gasteiger partial charge is 0.483 e. The van der Waals surface area contributed by atoms with E-state index in [9.17, 15) is 8.78 Å². The van der Waals surface area contributed by atoms with Gasteiger partial charge in [0, 0.05) is 3.57 Å². The molecule has 0 fully saturated rings. The fraction of sp³-hybridized carbons (Fsp3) is 0.143. The zero-order valence-electron chi connectivity index (χ0n) is 9.87. The van der Waals surface area contributed by atoms with E-state index in [1.54, 1.807) is 0 Å². The number of hydrogen-bond acceptors (Lipinski definition) is 2. The van der Waals surface area contributed by atoms with E-state index < -0.39 is 24.0 Å². The molecule has 0 unspecified atom stereocenters. The van der Waals surface area contributed by atoms with Crippen LogP contribution >= 0.6 is 22.6 Å². The molecule has 2 aromatic carbocycles. The number of halogens is 3. The van der Waals surface area contributed by atoms with Crippen molar-refractivity contribution in [1.29, 1.82) is 0 Å². The Labute approximate surface area is 123 Å². The van der Waals surface area contributed by atoms with Crippen molar-refractivity contribution >= 4 is 22.6 Å². The van der Waals surface area contributed by atoms with Gasteiger partial charge in [0.2, 0.25) is 0 Å². The number of benzene rings is 2. The van der Waals surface area contributed by atoms with Crippen LogP contribution in [0.1, 0.15) is 11.1 Å². The third kappa shape index (κ3) is 3.63. The molecule has 0 aliphatic carbocycles. The molecule has 0 radical (unpaired) electrons. The molecule has 100 valence electrons. The fourth-order valence-corrected chi connectivity index (χ4v) is 1.94. The van der Waals surface area contributed by atoms with Crippen LogP contribution in [0.4, 0.5) is 8.78 Å². The van der Waals surface area contributed by atoms with E-state index in [1.807, 2.05) is 24.3 Å². The summed E-state index contributed by atoms with van der Waals surface area (Å²) in [6.07, 6.45) is 0. The van der Waals surface area contributed by atoms with Crippen molar-refractivity contribution in [1.82, 2.24) is 0 Å². The van der Waals surface area contributed by atoms with Crippen LogP contribution in [-0.2, 0) is 13.2 Å². The summed E-state index contributed by atoms with van der Waals surface area (Å²) >= 11 is 2.17. The Morgan fingerprint density at radius 1 is 1.00 bits per heavy atom. The molecule has 0 atom stereocenters. The van der Waals surface area contributed by atoms with Gasteiger partial charge in [0.15, 0.2) is 17.4 Å². The lowest BCUT2D eigenvalue weighted by molar-refractivity contribution is 0.266. The maximum absolute atomic E-state index is 13.6. The molecular formula is C14H11F2IO2. The number of ether oxygens (including phenoxy) is 1. The molecule has 0 aromatic heterocycles. The lowest BCUT2D eigenvalue weighted by Gasteiger charge is -2.09. The quantitative estimate of drug-likeness (QED) is 0.826. The van der Waals surface area contributed by atoms with Crippen LogP contribution in [0.15, 0.2) is 36.4 Å². The van der Waals surface area contributed by atoms with Gasteiger partial charge < -0.3 is 9.84 Å². The van der Waals surface area contributed by atoms with Crippen molar-refractivity contribution in [3.63, 3.8) is 0 Å². The normalized spacial score (nSPS) is 10.5. The van der Waals surface area contributed by atoms with Crippen LogP contribution in [-0.4, -0.2) is 5.11 Å². The third-order valence-electron chi connectivity index (χ3n) is 2.54. The summed E-state index contributed by atoms with van der Waals surface area (Å²) in [5.41, 5.74) is 1.00. The van der Waals surface area contributed by atoms with E-state index in [2.05, 4.69) is 22.6 Å². The van der Waals surface area contributed by atoms with Crippen LogP contribution in [0, 0.1) is 15.2 Å². The second kappa shape index (κ2) is 6.29. The molecule has 0 aliphatic rings. The van der Waals surface area contributed by atoms with Gasteiger partial charge in [-0.1, -0.05) is 12.1 Å². The van der Waals surface area contributed by atoms with Crippen molar-refractivity contribution < 1.29 is 18.6 Å². The van der Waals surface area contributed by atoms with E-state index in [0.717, 1.165) is 21.3 Å². The third-order valence-corrected chi connectivity index (χ3v) is 3.26. The molecule has 0 saturated heterocycles. The van der Waals surface area contributed by atoms with Crippen LogP contribution in [0.5, 0.6) is 5.75 Å². The van der Waals surface area contributed by atoms with Crippen LogP contribution < -0.4 is 4.74 Å². The van der Waals surface area contributed by atoms with Gasteiger partial charge in [-0.15, -0.1) is 0 Å². The van der Waals surface area contributed by atoms with Crippen LogP contribution in [0.3, 0.4) is 0 Å². The average Bonchev–Trinajstić information content (AvgIpc) is 2.39. The van der Waals surface area contributed by atoms with Crippen LogP contribution in [0.2, 0.25) is 0 Å². The van der Waals surface area contributed by atoms with Crippen molar-refractivity contribution in [2.45, 2.75) is 13.2 Å². The van der Waals surface area contributed by atoms with E-state index in [0.29, 0.717) is 0 Å². The van der Waals surface area contributed by atoms with Crippen molar-refractivity contribution in [3.8, 4) is 5.75 Å². The van der Waals surface area contributed by atoms with E-state index in [1.165, 1.54) is 0 Å². The predicted molar refractivity (Wildman–Crippen MR) is 75.8 cm³/mol. The van der Waals surface area contributed by atoms with Crippen molar-refractivity contribution in [2.24, 2.45) is 0 Å². The van der Waals surface area contributed by atoms with Gasteiger partial charge >= 0.3 is 0 Å². The van der Waals surface area contributed by atoms with Gasteiger partial charge in [0.1, 0.15) is 6.61 Å². The molecule has 0 heterocycles. The highest BCUT2D eigenvalue weighted by molar-refractivity contribution is 14.1. The Bertz CT molecular complexity index is 547. The number of aliphatic hydroxyl groups excluding tert-OH is 1. The summed E-state index contributed by atoms with van der Waals surface area (Å²) in [5, 5.41) is 8.84. The molecule has 0 aliphatic heterocycles. The fourth-order valence-electron chi connectivity index (χ4n) is 1.58. The van der Waals surface area contributed by atoms with E-state index in [4.69, 9.17) is 9.84 Å². The topological polar surface area (TPSA) is 29.5 Å². The second-order valence-electron chi connectivity index (χ2n) is 3.96. The number of hydrogen-bond donors (Lipinski definition) is 1. The van der Waals surface area contributed by atoms with Gasteiger partial charge in [-0.05, 0) is 58.0 Å². The Morgan fingerprint density at radius 2 is 1.58 bits per heavy atom. The van der Waals surface area contributed by atoms with Crippen molar-refractivity contribution in [3.05, 3.63) is 62.7 Å². The summed E-state index contributed by atoms with van der Waals surface area (Å²) in [6, 6.07) is 9.57.